The predicted molar refractivity (Wildman–Crippen MR) is 70.6 cm³/mol. The van der Waals surface area contributed by atoms with Crippen molar-refractivity contribution in [1.82, 2.24) is 19.9 Å². The Hall–Kier alpha value is -2.96. The summed E-state index contributed by atoms with van der Waals surface area (Å²) in [6.07, 6.45) is 2.89. The summed E-state index contributed by atoms with van der Waals surface area (Å²) < 4.78 is 5.17. The lowest BCUT2D eigenvalue weighted by atomic mass is 10.2. The van der Waals surface area contributed by atoms with Crippen LogP contribution < -0.4 is 4.74 Å². The van der Waals surface area contributed by atoms with Crippen LogP contribution in [-0.2, 0) is 0 Å². The van der Waals surface area contributed by atoms with Crippen LogP contribution in [0.3, 0.4) is 0 Å². The van der Waals surface area contributed by atoms with E-state index in [9.17, 15) is 4.79 Å². The molecule has 100 valence electrons. The average molecular weight is 270 g/mol. The SMILES string of the molecule is COc1ncccc1-c1nc2ncc(C(=O)O)cc2[nH]1. The van der Waals surface area contributed by atoms with Crippen LogP contribution in [0.25, 0.3) is 22.6 Å². The van der Waals surface area contributed by atoms with Gasteiger partial charge in [0, 0.05) is 12.4 Å². The minimum atomic E-state index is -1.03. The number of ether oxygens (including phenoxy) is 1. The number of fused-ring (bicyclic) bond motifs is 1. The summed E-state index contributed by atoms with van der Waals surface area (Å²) in [5, 5.41) is 8.95. The summed E-state index contributed by atoms with van der Waals surface area (Å²) in [6.45, 7) is 0. The molecule has 0 radical (unpaired) electrons. The molecule has 7 heteroatoms. The van der Waals surface area contributed by atoms with Gasteiger partial charge in [0.15, 0.2) is 5.65 Å². The van der Waals surface area contributed by atoms with Crippen molar-refractivity contribution in [3.63, 3.8) is 0 Å². The van der Waals surface area contributed by atoms with Gasteiger partial charge in [0.2, 0.25) is 5.88 Å². The monoisotopic (exact) mass is 270 g/mol. The molecule has 0 atom stereocenters. The van der Waals surface area contributed by atoms with Gasteiger partial charge in [-0.3, -0.25) is 0 Å². The van der Waals surface area contributed by atoms with Crippen molar-refractivity contribution in [2.24, 2.45) is 0 Å². The van der Waals surface area contributed by atoms with Crippen LogP contribution in [0.15, 0.2) is 30.6 Å². The van der Waals surface area contributed by atoms with Crippen molar-refractivity contribution in [2.45, 2.75) is 0 Å². The van der Waals surface area contributed by atoms with E-state index in [4.69, 9.17) is 9.84 Å². The zero-order chi connectivity index (χ0) is 14.1. The molecule has 0 saturated heterocycles. The molecular weight excluding hydrogens is 260 g/mol. The minimum absolute atomic E-state index is 0.103. The second-order valence-corrected chi connectivity index (χ2v) is 4.05. The van der Waals surface area contributed by atoms with E-state index in [-0.39, 0.29) is 5.56 Å². The topological polar surface area (TPSA) is 101 Å². The number of nitrogens with zero attached hydrogens (tertiary/aromatic N) is 3. The smallest absolute Gasteiger partial charge is 0.337 e. The van der Waals surface area contributed by atoms with Crippen LogP contribution in [0.2, 0.25) is 0 Å². The van der Waals surface area contributed by atoms with Crippen molar-refractivity contribution in [2.75, 3.05) is 7.11 Å². The van der Waals surface area contributed by atoms with E-state index in [0.717, 1.165) is 0 Å². The first kappa shape index (κ1) is 12.1. The van der Waals surface area contributed by atoms with Gasteiger partial charge in [0.1, 0.15) is 5.82 Å². The number of carbonyl (C=O) groups is 1. The van der Waals surface area contributed by atoms with Crippen LogP contribution >= 0.6 is 0 Å². The van der Waals surface area contributed by atoms with E-state index in [1.165, 1.54) is 19.4 Å². The molecule has 0 aromatic carbocycles. The molecule has 7 nitrogen and oxygen atoms in total. The summed E-state index contributed by atoms with van der Waals surface area (Å²) in [4.78, 5) is 26.4. The summed E-state index contributed by atoms with van der Waals surface area (Å²) in [6, 6.07) is 5.06. The van der Waals surface area contributed by atoms with Crippen molar-refractivity contribution in [3.8, 4) is 17.3 Å². The minimum Gasteiger partial charge on any atom is -0.480 e. The Morgan fingerprint density at radius 3 is 3.00 bits per heavy atom. The number of pyridine rings is 2. The third kappa shape index (κ3) is 1.95. The fourth-order valence-corrected chi connectivity index (χ4v) is 1.88. The second-order valence-electron chi connectivity index (χ2n) is 4.05. The highest BCUT2D eigenvalue weighted by atomic mass is 16.5. The summed E-state index contributed by atoms with van der Waals surface area (Å²) in [5.74, 6) is -0.0699. The van der Waals surface area contributed by atoms with Crippen molar-refractivity contribution < 1.29 is 14.6 Å². The highest BCUT2D eigenvalue weighted by Crippen LogP contribution is 2.26. The maximum Gasteiger partial charge on any atom is 0.337 e. The number of rotatable bonds is 3. The van der Waals surface area contributed by atoms with Gasteiger partial charge in [-0.2, -0.15) is 0 Å². The van der Waals surface area contributed by atoms with Crippen molar-refractivity contribution in [3.05, 3.63) is 36.2 Å². The molecule has 0 saturated carbocycles. The van der Waals surface area contributed by atoms with Gasteiger partial charge in [0.25, 0.3) is 0 Å². The Morgan fingerprint density at radius 2 is 2.25 bits per heavy atom. The molecule has 20 heavy (non-hydrogen) atoms. The first-order valence-corrected chi connectivity index (χ1v) is 5.77. The molecule has 0 bridgehead atoms. The summed E-state index contributed by atoms with van der Waals surface area (Å²) in [7, 11) is 1.52. The van der Waals surface area contributed by atoms with Gasteiger partial charge in [-0.1, -0.05) is 0 Å². The lowest BCUT2D eigenvalue weighted by molar-refractivity contribution is 0.0696. The standard InChI is InChI=1S/C13H10N4O3/c1-20-12-8(3-2-4-14-12)10-16-9-5-7(13(18)19)6-15-11(9)17-10/h2-6H,1H3,(H,18,19)(H,15,16,17). The number of imidazole rings is 1. The van der Waals surface area contributed by atoms with E-state index >= 15 is 0 Å². The Morgan fingerprint density at radius 1 is 1.40 bits per heavy atom. The van der Waals surface area contributed by atoms with Crippen LogP contribution in [-0.4, -0.2) is 38.1 Å². The maximum absolute atomic E-state index is 10.9. The Bertz CT molecular complexity index is 797. The first-order valence-electron chi connectivity index (χ1n) is 5.77. The molecule has 3 aromatic rings. The van der Waals surface area contributed by atoms with Gasteiger partial charge < -0.3 is 14.8 Å². The molecule has 0 spiro atoms. The van der Waals surface area contributed by atoms with Crippen LogP contribution in [0, 0.1) is 0 Å². The normalized spacial score (nSPS) is 10.7. The predicted octanol–water partition coefficient (Wildman–Crippen LogP) is 1.73. The van der Waals surface area contributed by atoms with Gasteiger partial charge in [-0.05, 0) is 18.2 Å². The molecule has 0 aliphatic rings. The number of aromatic amines is 1. The number of nitrogens with one attached hydrogen (secondary N) is 1. The summed E-state index contributed by atoms with van der Waals surface area (Å²) in [5.41, 5.74) is 1.78. The van der Waals surface area contributed by atoms with E-state index < -0.39 is 5.97 Å². The molecule has 3 heterocycles. The van der Waals surface area contributed by atoms with Crippen LogP contribution in [0.5, 0.6) is 5.88 Å². The van der Waals surface area contributed by atoms with Crippen LogP contribution in [0.1, 0.15) is 10.4 Å². The van der Waals surface area contributed by atoms with Crippen molar-refractivity contribution >= 4 is 17.1 Å². The molecule has 3 rings (SSSR count). The van der Waals surface area contributed by atoms with Gasteiger partial charge >= 0.3 is 5.97 Å². The number of hydrogen-bond acceptors (Lipinski definition) is 5. The molecular formula is C13H10N4O3. The Kier molecular flexibility index (Phi) is 2.79. The average Bonchev–Trinajstić information content (AvgIpc) is 2.89. The number of methoxy groups -OCH3 is 1. The molecule has 0 unspecified atom stereocenters. The first-order chi connectivity index (χ1) is 9.69. The number of hydrogen-bond donors (Lipinski definition) is 2. The van der Waals surface area contributed by atoms with Gasteiger partial charge in [0.05, 0.1) is 23.8 Å². The lowest BCUT2D eigenvalue weighted by Crippen LogP contribution is -1.96. The number of carboxylic acid groups (broad SMARTS) is 1. The zero-order valence-electron chi connectivity index (χ0n) is 10.5. The molecule has 3 aromatic heterocycles. The molecule has 0 aliphatic heterocycles. The lowest BCUT2D eigenvalue weighted by Gasteiger charge is -2.02. The highest BCUT2D eigenvalue weighted by Gasteiger charge is 2.13. The molecule has 2 N–H and O–H groups in total. The number of H-pyrrole nitrogens is 1. The quantitative estimate of drug-likeness (QED) is 0.751. The number of aromatic nitrogens is 4. The molecule has 0 aliphatic carbocycles. The van der Waals surface area contributed by atoms with E-state index in [1.807, 2.05) is 6.07 Å². The molecule has 0 fully saturated rings. The largest absolute Gasteiger partial charge is 0.480 e. The number of aromatic carboxylic acids is 1. The summed E-state index contributed by atoms with van der Waals surface area (Å²) >= 11 is 0. The van der Waals surface area contributed by atoms with E-state index in [0.29, 0.717) is 28.4 Å². The molecule has 0 amide bonds. The van der Waals surface area contributed by atoms with Gasteiger partial charge in [-0.25, -0.2) is 19.7 Å². The van der Waals surface area contributed by atoms with Gasteiger partial charge in [-0.15, -0.1) is 0 Å². The van der Waals surface area contributed by atoms with Crippen LogP contribution in [0.4, 0.5) is 0 Å². The zero-order valence-corrected chi connectivity index (χ0v) is 10.5. The second kappa shape index (κ2) is 4.61. The fraction of sp³-hybridized carbons (Fsp3) is 0.0769. The Balaban J connectivity index is 2.15. The third-order valence-corrected chi connectivity index (χ3v) is 2.80. The third-order valence-electron chi connectivity index (χ3n) is 2.80. The van der Waals surface area contributed by atoms with E-state index in [1.54, 1.807) is 12.3 Å². The fourth-order valence-electron chi connectivity index (χ4n) is 1.88. The van der Waals surface area contributed by atoms with E-state index in [2.05, 4.69) is 19.9 Å². The maximum atomic E-state index is 10.9. The van der Waals surface area contributed by atoms with Crippen molar-refractivity contribution in [1.29, 1.82) is 0 Å². The Labute approximate surface area is 113 Å². The highest BCUT2D eigenvalue weighted by molar-refractivity contribution is 5.91. The number of carboxylic acids is 1.